The lowest BCUT2D eigenvalue weighted by molar-refractivity contribution is -0.130. The van der Waals surface area contributed by atoms with Crippen molar-refractivity contribution >= 4 is 40.4 Å². The van der Waals surface area contributed by atoms with Gasteiger partial charge in [-0.3, -0.25) is 9.59 Å². The summed E-state index contributed by atoms with van der Waals surface area (Å²) in [5.74, 6) is -0.683. The van der Waals surface area contributed by atoms with E-state index >= 15 is 0 Å². The van der Waals surface area contributed by atoms with Gasteiger partial charge in [0.25, 0.3) is 5.91 Å². The molecule has 0 saturated carbocycles. The lowest BCUT2D eigenvalue weighted by Crippen LogP contribution is -2.32. The van der Waals surface area contributed by atoms with Crippen LogP contribution in [-0.2, 0) is 11.2 Å². The van der Waals surface area contributed by atoms with E-state index in [-0.39, 0.29) is 35.2 Å². The van der Waals surface area contributed by atoms with Gasteiger partial charge in [0.05, 0.1) is 30.3 Å². The number of phenolic OH excluding ortho intramolecular Hbond substituents is 1. The molecular formula is C29H26ClN3O4. The summed E-state index contributed by atoms with van der Waals surface area (Å²) in [5, 5.41) is 25.9. The number of hydrogen-bond acceptors (Lipinski definition) is 5. The van der Waals surface area contributed by atoms with Crippen LogP contribution in [0.3, 0.4) is 0 Å². The Kier molecular flexibility index (Phi) is 8.18. The zero-order valence-corrected chi connectivity index (χ0v) is 20.9. The number of hydrogen-bond donors (Lipinski definition) is 3. The summed E-state index contributed by atoms with van der Waals surface area (Å²) < 4.78 is 0. The highest BCUT2D eigenvalue weighted by Gasteiger charge is 2.17. The molecule has 0 heterocycles. The molecular weight excluding hydrogens is 490 g/mol. The van der Waals surface area contributed by atoms with Crippen molar-refractivity contribution in [1.29, 1.82) is 0 Å². The maximum Gasteiger partial charge on any atom is 0.271 e. The van der Waals surface area contributed by atoms with Crippen molar-refractivity contribution in [3.8, 4) is 5.75 Å². The number of nitrogens with one attached hydrogen (secondary N) is 1. The molecule has 0 bridgehead atoms. The van der Waals surface area contributed by atoms with Crippen LogP contribution in [-0.4, -0.2) is 46.7 Å². The molecule has 3 N–H and O–H groups in total. The van der Waals surface area contributed by atoms with Gasteiger partial charge in [-0.05, 0) is 40.1 Å². The average Bonchev–Trinajstić information content (AvgIpc) is 2.91. The van der Waals surface area contributed by atoms with Crippen LogP contribution in [0.25, 0.3) is 10.8 Å². The Hall–Kier alpha value is -4.20. The van der Waals surface area contributed by atoms with Crippen LogP contribution >= 0.6 is 11.6 Å². The molecule has 0 aromatic heterocycles. The highest BCUT2D eigenvalue weighted by Crippen LogP contribution is 2.24. The predicted octanol–water partition coefficient (Wildman–Crippen LogP) is 4.70. The maximum atomic E-state index is 13.0. The van der Waals surface area contributed by atoms with Crippen LogP contribution in [0.4, 0.5) is 0 Å². The molecule has 37 heavy (non-hydrogen) atoms. The Morgan fingerprint density at radius 2 is 1.70 bits per heavy atom. The van der Waals surface area contributed by atoms with E-state index in [1.165, 1.54) is 29.3 Å². The van der Waals surface area contributed by atoms with E-state index in [2.05, 4.69) is 10.5 Å². The minimum Gasteiger partial charge on any atom is -0.506 e. The zero-order chi connectivity index (χ0) is 26.4. The second kappa shape index (κ2) is 11.7. The number of likely N-dealkylation sites (N-methyl/N-ethyl adjacent to an activating group) is 1. The van der Waals surface area contributed by atoms with Gasteiger partial charge < -0.3 is 15.1 Å². The van der Waals surface area contributed by atoms with Crippen LogP contribution in [0.5, 0.6) is 5.75 Å². The first-order valence-corrected chi connectivity index (χ1v) is 12.0. The standard InChI is InChI=1S/C29H26ClN3O4/c1-33(18-27(35)19-7-3-2-4-8-19)28(36)16-20-11-12-22(24-10-6-5-9-23(20)24)17-31-32-29(37)21-13-14-26(34)25(30)15-21/h2-15,17,27,34-35H,16,18H2,1H3,(H,32,37). The molecule has 7 nitrogen and oxygen atoms in total. The molecule has 0 fully saturated rings. The van der Waals surface area contributed by atoms with Gasteiger partial charge in [0.1, 0.15) is 5.75 Å². The number of halogens is 1. The second-order valence-corrected chi connectivity index (χ2v) is 9.01. The molecule has 0 aliphatic carbocycles. The SMILES string of the molecule is CN(CC(O)c1ccccc1)C(=O)Cc1ccc(C=NNC(=O)c2ccc(O)c(Cl)c2)c2ccccc12. The molecule has 0 aliphatic heterocycles. The third-order valence-electron chi connectivity index (χ3n) is 6.03. The second-order valence-electron chi connectivity index (χ2n) is 8.60. The molecule has 0 spiro atoms. The number of aliphatic hydroxyl groups excluding tert-OH is 1. The van der Waals surface area contributed by atoms with E-state index in [4.69, 9.17) is 11.6 Å². The van der Waals surface area contributed by atoms with Gasteiger partial charge in [0.15, 0.2) is 0 Å². The van der Waals surface area contributed by atoms with Crippen molar-refractivity contribution < 1.29 is 19.8 Å². The third kappa shape index (κ3) is 6.33. The van der Waals surface area contributed by atoms with Gasteiger partial charge in [-0.25, -0.2) is 5.43 Å². The monoisotopic (exact) mass is 515 g/mol. The highest BCUT2D eigenvalue weighted by molar-refractivity contribution is 6.32. The fourth-order valence-corrected chi connectivity index (χ4v) is 4.14. The summed E-state index contributed by atoms with van der Waals surface area (Å²) in [6.45, 7) is 0.192. The predicted molar refractivity (Wildman–Crippen MR) is 145 cm³/mol. The van der Waals surface area contributed by atoms with Gasteiger partial charge in [0, 0.05) is 18.2 Å². The van der Waals surface area contributed by atoms with E-state index in [0.717, 1.165) is 27.5 Å². The fraction of sp³-hybridized carbons (Fsp3) is 0.138. The van der Waals surface area contributed by atoms with Crippen LogP contribution in [0.15, 0.2) is 90.0 Å². The number of carbonyl (C=O) groups excluding carboxylic acids is 2. The van der Waals surface area contributed by atoms with Crippen molar-refractivity contribution in [2.75, 3.05) is 13.6 Å². The smallest absolute Gasteiger partial charge is 0.271 e. The van der Waals surface area contributed by atoms with E-state index in [1.54, 1.807) is 7.05 Å². The first kappa shape index (κ1) is 25.9. The molecule has 4 aromatic carbocycles. The third-order valence-corrected chi connectivity index (χ3v) is 6.33. The first-order chi connectivity index (χ1) is 17.8. The van der Waals surface area contributed by atoms with Crippen LogP contribution in [0.1, 0.15) is 33.2 Å². The quantitative estimate of drug-likeness (QED) is 0.234. The van der Waals surface area contributed by atoms with Crippen LogP contribution in [0.2, 0.25) is 5.02 Å². The highest BCUT2D eigenvalue weighted by atomic mass is 35.5. The Morgan fingerprint density at radius 3 is 2.43 bits per heavy atom. The van der Waals surface area contributed by atoms with E-state index in [0.29, 0.717) is 0 Å². The molecule has 8 heteroatoms. The number of benzene rings is 4. The topological polar surface area (TPSA) is 102 Å². The lowest BCUT2D eigenvalue weighted by atomic mass is 9.98. The van der Waals surface area contributed by atoms with Crippen molar-refractivity contribution in [2.24, 2.45) is 5.10 Å². The Labute approximate surface area is 219 Å². The minimum atomic E-state index is -0.765. The normalized spacial score (nSPS) is 12.0. The number of amides is 2. The number of nitrogens with zero attached hydrogens (tertiary/aromatic N) is 2. The van der Waals surface area contributed by atoms with Gasteiger partial charge in [-0.1, -0.05) is 78.3 Å². The number of phenols is 1. The minimum absolute atomic E-state index is 0.0768. The molecule has 1 unspecified atom stereocenters. The zero-order valence-electron chi connectivity index (χ0n) is 20.1. The number of aliphatic hydroxyl groups is 1. The summed E-state index contributed by atoms with van der Waals surface area (Å²) >= 11 is 5.87. The number of fused-ring (bicyclic) bond motifs is 1. The number of hydrazone groups is 1. The summed E-state index contributed by atoms with van der Waals surface area (Å²) in [4.78, 5) is 26.8. The van der Waals surface area contributed by atoms with E-state index in [1.807, 2.05) is 66.7 Å². The Balaban J connectivity index is 1.46. The van der Waals surface area contributed by atoms with Gasteiger partial charge in [-0.15, -0.1) is 0 Å². The largest absolute Gasteiger partial charge is 0.506 e. The molecule has 0 saturated heterocycles. The fourth-order valence-electron chi connectivity index (χ4n) is 3.96. The summed E-state index contributed by atoms with van der Waals surface area (Å²) in [6.07, 6.45) is 0.947. The number of rotatable bonds is 8. The molecule has 4 rings (SSSR count). The Morgan fingerprint density at radius 1 is 1.00 bits per heavy atom. The first-order valence-electron chi connectivity index (χ1n) is 11.6. The van der Waals surface area contributed by atoms with E-state index < -0.39 is 12.0 Å². The maximum absolute atomic E-state index is 13.0. The average molecular weight is 516 g/mol. The van der Waals surface area contributed by atoms with Crippen molar-refractivity contribution in [1.82, 2.24) is 10.3 Å². The summed E-state index contributed by atoms with van der Waals surface area (Å²) in [7, 11) is 1.68. The molecule has 0 aliphatic rings. The van der Waals surface area contributed by atoms with Gasteiger partial charge in [-0.2, -0.15) is 5.10 Å². The number of aromatic hydroxyl groups is 1. The van der Waals surface area contributed by atoms with Gasteiger partial charge >= 0.3 is 0 Å². The molecule has 188 valence electrons. The van der Waals surface area contributed by atoms with Crippen molar-refractivity contribution in [2.45, 2.75) is 12.5 Å². The summed E-state index contributed by atoms with van der Waals surface area (Å²) in [6, 6.07) is 24.8. The Bertz CT molecular complexity index is 1460. The van der Waals surface area contributed by atoms with E-state index in [9.17, 15) is 19.8 Å². The van der Waals surface area contributed by atoms with Gasteiger partial charge in [0.2, 0.25) is 5.91 Å². The summed E-state index contributed by atoms with van der Waals surface area (Å²) in [5.41, 5.74) is 5.10. The molecule has 2 amide bonds. The number of carbonyl (C=O) groups is 2. The van der Waals surface area contributed by atoms with Crippen molar-refractivity contribution in [3.05, 3.63) is 112 Å². The van der Waals surface area contributed by atoms with Crippen LogP contribution in [0, 0.1) is 0 Å². The lowest BCUT2D eigenvalue weighted by Gasteiger charge is -2.21. The van der Waals surface area contributed by atoms with Crippen LogP contribution < -0.4 is 5.43 Å². The van der Waals surface area contributed by atoms with Crippen molar-refractivity contribution in [3.63, 3.8) is 0 Å². The molecule has 1 atom stereocenters. The molecule has 4 aromatic rings. The molecule has 0 radical (unpaired) electrons.